The Morgan fingerprint density at radius 2 is 1.08 bits per heavy atom. The first-order valence-corrected chi connectivity index (χ1v) is 18.9. The second-order valence-electron chi connectivity index (χ2n) is 14.4. The maximum atomic E-state index is 6.62. The van der Waals surface area contributed by atoms with Gasteiger partial charge in [0.2, 0.25) is 0 Å². The molecular weight excluding hydrogens is 665 g/mol. The molecule has 8 aromatic carbocycles. The van der Waals surface area contributed by atoms with Crippen LogP contribution < -0.4 is 25.9 Å². The molecule has 5 heteroatoms. The molecule has 0 bridgehead atoms. The summed E-state index contributed by atoms with van der Waals surface area (Å²) in [7, 11) is 0. The average molecular weight is 692 g/mol. The third-order valence-electron chi connectivity index (χ3n) is 11.6. The van der Waals surface area contributed by atoms with E-state index >= 15 is 0 Å². The predicted octanol–water partition coefficient (Wildman–Crippen LogP) is 11.3. The molecule has 2 aliphatic heterocycles. The minimum atomic E-state index is 0.0676. The van der Waals surface area contributed by atoms with Crippen LogP contribution in [0.4, 0.5) is 0 Å². The van der Waals surface area contributed by atoms with Crippen LogP contribution in [0.25, 0.3) is 80.5 Å². The molecule has 0 atom stereocenters. The van der Waals surface area contributed by atoms with Gasteiger partial charge in [0.25, 0.3) is 6.71 Å². The molecule has 0 spiro atoms. The number of hydrogen-bond donors (Lipinski definition) is 0. The van der Waals surface area contributed by atoms with Gasteiger partial charge < -0.3 is 13.9 Å². The van der Waals surface area contributed by atoms with Gasteiger partial charge in [-0.05, 0) is 81.7 Å². The minimum Gasteiger partial charge on any atom is -0.458 e. The molecule has 0 saturated carbocycles. The maximum absolute atomic E-state index is 6.62. The summed E-state index contributed by atoms with van der Waals surface area (Å²) in [6.45, 7) is 0.0676. The smallest absolute Gasteiger partial charge is 0.260 e. The molecule has 3 nitrogen and oxygen atoms in total. The fraction of sp³-hybridized carbons (Fsp3) is 0. The van der Waals surface area contributed by atoms with Gasteiger partial charge in [-0.3, -0.25) is 0 Å². The van der Waals surface area contributed by atoms with E-state index in [9.17, 15) is 0 Å². The number of thiophene rings is 1. The van der Waals surface area contributed by atoms with Crippen LogP contribution in [-0.2, 0) is 0 Å². The minimum absolute atomic E-state index is 0.0676. The number of fused-ring (bicyclic) bond motifs is 13. The van der Waals surface area contributed by atoms with Crippen molar-refractivity contribution in [1.82, 2.24) is 4.40 Å². The van der Waals surface area contributed by atoms with Gasteiger partial charge in [0, 0.05) is 47.2 Å². The monoisotopic (exact) mass is 691 g/mol. The summed E-state index contributed by atoms with van der Waals surface area (Å²) < 4.78 is 18.3. The van der Waals surface area contributed by atoms with Crippen molar-refractivity contribution in [1.29, 1.82) is 0 Å². The normalized spacial score (nSPS) is 13.2. The van der Waals surface area contributed by atoms with E-state index in [1.807, 2.05) is 23.5 Å². The lowest BCUT2D eigenvalue weighted by atomic mass is 9.35. The standard InChI is InChI=1S/C48H26BNO2S/c1-4-19-39-31(12-1)32-14-9-15-33-35-26-45-36(25-40(35)50(39)47(32)33)34-16-8-13-30(48(34)53-45)28-11-7-10-27(22-28)29-23-43-46-44(24-29)52-42-21-6-3-18-38(42)49(46)37-17-2-5-20-41(37)51-43/h1-26H. The Labute approximate surface area is 308 Å². The number of para-hydroxylation sites is 4. The number of hydrogen-bond acceptors (Lipinski definition) is 3. The first kappa shape index (κ1) is 28.1. The SMILES string of the molecule is c1cc(-c2cc3c4c(c2)Oc2ccccc2B4c2ccccc2O3)cc(-c2cccc3c2sc2cc4c5cccc6c7ccccc7n(c4cc23)c65)c1. The first-order chi connectivity index (χ1) is 26.3. The molecule has 0 N–H and O–H groups in total. The molecular formula is C48H26BNO2S. The lowest BCUT2D eigenvalue weighted by Crippen LogP contribution is -2.57. The van der Waals surface area contributed by atoms with Gasteiger partial charge in [-0.2, -0.15) is 0 Å². The summed E-state index contributed by atoms with van der Waals surface area (Å²) in [5.41, 5.74) is 11.9. The average Bonchev–Trinajstić information content (AvgIpc) is 3.86. The van der Waals surface area contributed by atoms with Gasteiger partial charge in [-0.15, -0.1) is 11.3 Å². The molecule has 0 amide bonds. The van der Waals surface area contributed by atoms with Crippen molar-refractivity contribution in [2.75, 3.05) is 0 Å². The first-order valence-electron chi connectivity index (χ1n) is 18.1. The summed E-state index contributed by atoms with van der Waals surface area (Å²) in [4.78, 5) is 0. The van der Waals surface area contributed by atoms with Crippen molar-refractivity contribution >= 4 is 92.7 Å². The lowest BCUT2D eigenvalue weighted by Gasteiger charge is -2.33. The fourth-order valence-electron chi connectivity index (χ4n) is 9.37. The Hall–Kier alpha value is -6.56. The van der Waals surface area contributed by atoms with E-state index in [0.717, 1.165) is 39.6 Å². The van der Waals surface area contributed by atoms with E-state index in [-0.39, 0.29) is 6.71 Å². The highest BCUT2D eigenvalue weighted by Gasteiger charge is 2.40. The zero-order valence-corrected chi connectivity index (χ0v) is 29.1. The Morgan fingerprint density at radius 1 is 0.434 bits per heavy atom. The molecule has 5 heterocycles. The van der Waals surface area contributed by atoms with Gasteiger partial charge in [0.1, 0.15) is 23.0 Å². The van der Waals surface area contributed by atoms with Crippen LogP contribution in [0, 0.1) is 0 Å². The molecule has 0 unspecified atom stereocenters. The highest BCUT2D eigenvalue weighted by Crippen LogP contribution is 2.46. The van der Waals surface area contributed by atoms with Crippen molar-refractivity contribution in [2.45, 2.75) is 0 Å². The van der Waals surface area contributed by atoms with E-state index in [4.69, 9.17) is 9.47 Å². The number of aromatic nitrogens is 1. The summed E-state index contributed by atoms with van der Waals surface area (Å²) in [6, 6.07) is 57.2. The van der Waals surface area contributed by atoms with E-state index < -0.39 is 0 Å². The number of benzene rings is 8. The van der Waals surface area contributed by atoms with Gasteiger partial charge in [0.15, 0.2) is 0 Å². The summed E-state index contributed by atoms with van der Waals surface area (Å²) in [5.74, 6) is 3.52. The summed E-state index contributed by atoms with van der Waals surface area (Å²) in [6.07, 6.45) is 0. The van der Waals surface area contributed by atoms with Crippen LogP contribution in [0.2, 0.25) is 0 Å². The van der Waals surface area contributed by atoms with E-state index in [0.29, 0.717) is 0 Å². The third-order valence-corrected chi connectivity index (χ3v) is 12.8. The molecule has 0 radical (unpaired) electrons. The predicted molar refractivity (Wildman–Crippen MR) is 223 cm³/mol. The molecule has 0 fully saturated rings. The van der Waals surface area contributed by atoms with Crippen LogP contribution >= 0.6 is 11.3 Å². The highest BCUT2D eigenvalue weighted by molar-refractivity contribution is 7.26. The number of ether oxygens (including phenoxy) is 2. The molecule has 53 heavy (non-hydrogen) atoms. The Morgan fingerprint density at radius 3 is 1.89 bits per heavy atom. The van der Waals surface area contributed by atoms with E-state index in [1.54, 1.807) is 0 Å². The van der Waals surface area contributed by atoms with Gasteiger partial charge >= 0.3 is 0 Å². The highest BCUT2D eigenvalue weighted by atomic mass is 32.1. The van der Waals surface area contributed by atoms with Crippen LogP contribution in [0.1, 0.15) is 0 Å². The third kappa shape index (κ3) is 3.69. The molecule has 0 aliphatic carbocycles. The van der Waals surface area contributed by atoms with Crippen molar-refractivity contribution < 1.29 is 9.47 Å². The van der Waals surface area contributed by atoms with Gasteiger partial charge in [-0.1, -0.05) is 109 Å². The zero-order chi connectivity index (χ0) is 34.4. The fourth-order valence-corrected chi connectivity index (χ4v) is 10.6. The molecule has 13 rings (SSSR count). The molecule has 2 aliphatic rings. The molecule has 3 aromatic heterocycles. The van der Waals surface area contributed by atoms with Crippen molar-refractivity contribution in [3.63, 3.8) is 0 Å². The van der Waals surface area contributed by atoms with Crippen LogP contribution in [0.3, 0.4) is 0 Å². The maximum Gasteiger partial charge on any atom is 0.260 e. The van der Waals surface area contributed by atoms with Crippen molar-refractivity contribution in [2.24, 2.45) is 0 Å². The Bertz CT molecular complexity index is 3300. The second-order valence-corrected chi connectivity index (χ2v) is 15.4. The van der Waals surface area contributed by atoms with Crippen LogP contribution in [-0.4, -0.2) is 11.1 Å². The Balaban J connectivity index is 0.977. The largest absolute Gasteiger partial charge is 0.458 e. The number of nitrogens with zero attached hydrogens (tertiary/aromatic N) is 1. The second kappa shape index (κ2) is 10.1. The molecule has 0 saturated heterocycles. The van der Waals surface area contributed by atoms with E-state index in [1.165, 1.54) is 80.3 Å². The lowest BCUT2D eigenvalue weighted by molar-refractivity contribution is 0.465. The zero-order valence-electron chi connectivity index (χ0n) is 28.3. The van der Waals surface area contributed by atoms with Gasteiger partial charge in [-0.25, -0.2) is 0 Å². The van der Waals surface area contributed by atoms with Crippen molar-refractivity contribution in [3.05, 3.63) is 158 Å². The summed E-state index contributed by atoms with van der Waals surface area (Å²) in [5, 5.41) is 7.86. The summed E-state index contributed by atoms with van der Waals surface area (Å²) >= 11 is 1.90. The molecule has 244 valence electrons. The quantitative estimate of drug-likeness (QED) is 0.168. The van der Waals surface area contributed by atoms with Crippen LogP contribution in [0.15, 0.2) is 158 Å². The van der Waals surface area contributed by atoms with Gasteiger partial charge in [0.05, 0.1) is 16.6 Å². The van der Waals surface area contributed by atoms with Crippen molar-refractivity contribution in [3.8, 4) is 45.3 Å². The van der Waals surface area contributed by atoms with E-state index in [2.05, 4.69) is 150 Å². The topological polar surface area (TPSA) is 22.9 Å². The van der Waals surface area contributed by atoms with Crippen LogP contribution in [0.5, 0.6) is 23.0 Å². The molecule has 11 aromatic rings. The Kier molecular flexibility index (Phi) is 5.33. The number of rotatable bonds is 2.